The zero-order valence-corrected chi connectivity index (χ0v) is 10.4. The number of ether oxygens (including phenoxy) is 1. The molecule has 0 saturated carbocycles. The highest BCUT2D eigenvalue weighted by Gasteiger charge is 1.99. The van der Waals surface area contributed by atoms with Gasteiger partial charge < -0.3 is 21.1 Å². The normalized spacial score (nSPS) is 12.2. The summed E-state index contributed by atoms with van der Waals surface area (Å²) < 4.78 is 4.97. The molecule has 1 atom stereocenters. The second-order valence-electron chi connectivity index (χ2n) is 3.92. The van der Waals surface area contributed by atoms with Gasteiger partial charge in [-0.15, -0.1) is 0 Å². The largest absolute Gasteiger partial charge is 0.385 e. The summed E-state index contributed by atoms with van der Waals surface area (Å²) in [5.74, 6) is 1.59. The van der Waals surface area contributed by atoms with Crippen molar-refractivity contribution in [1.82, 2.24) is 9.97 Å². The van der Waals surface area contributed by atoms with Gasteiger partial charge in [-0.05, 0) is 13.3 Å². The number of nitrogens with zero attached hydrogens (tertiary/aromatic N) is 2. The zero-order chi connectivity index (χ0) is 12.5. The standard InChI is InChI=1S/C11H21N5O/c1-9(12)7-14-11-6-10(15-8-16-11)13-4-3-5-17-2/h6,8-9H,3-5,7,12H2,1-2H3,(H2,13,14,15,16). The molecule has 0 spiro atoms. The third-order valence-corrected chi connectivity index (χ3v) is 2.10. The molecule has 0 saturated heterocycles. The van der Waals surface area contributed by atoms with Crippen LogP contribution in [0.25, 0.3) is 0 Å². The number of nitrogens with two attached hydrogens (primary N) is 1. The molecule has 0 aliphatic rings. The molecule has 1 aromatic heterocycles. The van der Waals surface area contributed by atoms with Crippen LogP contribution in [0.3, 0.4) is 0 Å². The van der Waals surface area contributed by atoms with Gasteiger partial charge in [0.05, 0.1) is 0 Å². The summed E-state index contributed by atoms with van der Waals surface area (Å²) >= 11 is 0. The van der Waals surface area contributed by atoms with E-state index in [0.717, 1.165) is 31.2 Å². The van der Waals surface area contributed by atoms with Crippen LogP contribution in [0.4, 0.5) is 11.6 Å². The second kappa shape index (κ2) is 7.81. The molecule has 0 amide bonds. The number of anilines is 2. The molecule has 0 aliphatic carbocycles. The van der Waals surface area contributed by atoms with Gasteiger partial charge in [-0.1, -0.05) is 0 Å². The molecular weight excluding hydrogens is 218 g/mol. The average molecular weight is 239 g/mol. The van der Waals surface area contributed by atoms with Gasteiger partial charge in [0, 0.05) is 38.9 Å². The minimum Gasteiger partial charge on any atom is -0.385 e. The predicted octanol–water partition coefficient (Wildman–Crippen LogP) is 0.684. The van der Waals surface area contributed by atoms with E-state index in [1.807, 2.05) is 13.0 Å². The van der Waals surface area contributed by atoms with Gasteiger partial charge >= 0.3 is 0 Å². The predicted molar refractivity (Wildman–Crippen MR) is 69.2 cm³/mol. The summed E-state index contributed by atoms with van der Waals surface area (Å²) in [4.78, 5) is 8.24. The Morgan fingerprint density at radius 1 is 1.35 bits per heavy atom. The van der Waals surface area contributed by atoms with Gasteiger partial charge in [-0.2, -0.15) is 0 Å². The molecule has 1 aromatic rings. The Morgan fingerprint density at radius 3 is 2.71 bits per heavy atom. The topological polar surface area (TPSA) is 85.1 Å². The molecule has 1 heterocycles. The van der Waals surface area contributed by atoms with Crippen LogP contribution in [0.15, 0.2) is 12.4 Å². The van der Waals surface area contributed by atoms with Crippen LogP contribution in [0.1, 0.15) is 13.3 Å². The van der Waals surface area contributed by atoms with Gasteiger partial charge in [0.2, 0.25) is 0 Å². The Hall–Kier alpha value is -1.40. The lowest BCUT2D eigenvalue weighted by molar-refractivity contribution is 0.198. The molecule has 4 N–H and O–H groups in total. The fraction of sp³-hybridized carbons (Fsp3) is 0.636. The summed E-state index contributed by atoms with van der Waals surface area (Å²) in [6.07, 6.45) is 2.48. The average Bonchev–Trinajstić information content (AvgIpc) is 2.33. The van der Waals surface area contributed by atoms with Gasteiger partial charge in [-0.25, -0.2) is 9.97 Å². The summed E-state index contributed by atoms with van der Waals surface area (Å²) in [6, 6.07) is 1.97. The molecular formula is C11H21N5O. The molecule has 1 unspecified atom stereocenters. The monoisotopic (exact) mass is 239 g/mol. The number of hydrogen-bond donors (Lipinski definition) is 3. The van der Waals surface area contributed by atoms with Crippen molar-refractivity contribution < 1.29 is 4.74 Å². The van der Waals surface area contributed by atoms with Crippen molar-refractivity contribution in [2.45, 2.75) is 19.4 Å². The molecule has 1 rings (SSSR count). The Kier molecular flexibility index (Phi) is 6.27. The molecule has 6 nitrogen and oxygen atoms in total. The van der Waals surface area contributed by atoms with Gasteiger partial charge in [0.25, 0.3) is 0 Å². The van der Waals surface area contributed by atoms with Crippen molar-refractivity contribution in [2.24, 2.45) is 5.73 Å². The van der Waals surface area contributed by atoms with E-state index in [1.165, 1.54) is 6.33 Å². The van der Waals surface area contributed by atoms with Crippen molar-refractivity contribution in [3.8, 4) is 0 Å². The van der Waals surface area contributed by atoms with E-state index in [4.69, 9.17) is 10.5 Å². The van der Waals surface area contributed by atoms with Gasteiger partial charge in [0.15, 0.2) is 0 Å². The maximum absolute atomic E-state index is 5.66. The Morgan fingerprint density at radius 2 is 2.06 bits per heavy atom. The van der Waals surface area contributed by atoms with Crippen LogP contribution in [-0.2, 0) is 4.74 Å². The first-order chi connectivity index (χ1) is 8.22. The van der Waals surface area contributed by atoms with E-state index in [2.05, 4.69) is 20.6 Å². The van der Waals surface area contributed by atoms with Gasteiger partial charge in [-0.3, -0.25) is 0 Å². The number of aromatic nitrogens is 2. The van der Waals surface area contributed by atoms with Crippen molar-refractivity contribution in [3.05, 3.63) is 12.4 Å². The second-order valence-corrected chi connectivity index (χ2v) is 3.92. The summed E-state index contributed by atoms with van der Waals surface area (Å²) in [5, 5.41) is 6.35. The summed E-state index contributed by atoms with van der Waals surface area (Å²) in [5.41, 5.74) is 5.66. The highest BCUT2D eigenvalue weighted by Crippen LogP contribution is 2.08. The Balaban J connectivity index is 2.37. The van der Waals surface area contributed by atoms with E-state index in [9.17, 15) is 0 Å². The van der Waals surface area contributed by atoms with Crippen LogP contribution < -0.4 is 16.4 Å². The van der Waals surface area contributed by atoms with E-state index in [1.54, 1.807) is 7.11 Å². The maximum Gasteiger partial charge on any atom is 0.131 e. The highest BCUT2D eigenvalue weighted by atomic mass is 16.5. The number of methoxy groups -OCH3 is 1. The van der Waals surface area contributed by atoms with E-state index >= 15 is 0 Å². The quantitative estimate of drug-likeness (QED) is 0.579. The smallest absolute Gasteiger partial charge is 0.131 e. The minimum absolute atomic E-state index is 0.100. The minimum atomic E-state index is 0.100. The van der Waals surface area contributed by atoms with Crippen molar-refractivity contribution in [2.75, 3.05) is 37.4 Å². The Labute approximate surface area is 102 Å². The van der Waals surface area contributed by atoms with E-state index in [0.29, 0.717) is 6.54 Å². The lowest BCUT2D eigenvalue weighted by atomic mass is 10.3. The van der Waals surface area contributed by atoms with Crippen molar-refractivity contribution in [1.29, 1.82) is 0 Å². The van der Waals surface area contributed by atoms with E-state index < -0.39 is 0 Å². The van der Waals surface area contributed by atoms with E-state index in [-0.39, 0.29) is 6.04 Å². The molecule has 0 bridgehead atoms. The molecule has 17 heavy (non-hydrogen) atoms. The molecule has 0 fully saturated rings. The fourth-order valence-corrected chi connectivity index (χ4v) is 1.25. The molecule has 0 aliphatic heterocycles. The SMILES string of the molecule is COCCCNc1cc(NCC(C)N)ncn1. The third kappa shape index (κ3) is 6.03. The molecule has 0 radical (unpaired) electrons. The van der Waals surface area contributed by atoms with Crippen molar-refractivity contribution in [3.63, 3.8) is 0 Å². The maximum atomic E-state index is 5.66. The van der Waals surface area contributed by atoms with Crippen LogP contribution >= 0.6 is 0 Å². The number of hydrogen-bond acceptors (Lipinski definition) is 6. The summed E-state index contributed by atoms with van der Waals surface area (Å²) in [6.45, 7) is 4.21. The fourth-order valence-electron chi connectivity index (χ4n) is 1.25. The third-order valence-electron chi connectivity index (χ3n) is 2.10. The van der Waals surface area contributed by atoms with Crippen LogP contribution in [0.2, 0.25) is 0 Å². The first-order valence-electron chi connectivity index (χ1n) is 5.76. The molecule has 0 aromatic carbocycles. The lowest BCUT2D eigenvalue weighted by Crippen LogP contribution is -2.25. The zero-order valence-electron chi connectivity index (χ0n) is 10.4. The molecule has 96 valence electrons. The first kappa shape index (κ1) is 13.7. The number of nitrogens with one attached hydrogen (secondary N) is 2. The highest BCUT2D eigenvalue weighted by molar-refractivity contribution is 5.46. The first-order valence-corrected chi connectivity index (χ1v) is 5.76. The molecule has 6 heteroatoms. The number of rotatable bonds is 8. The van der Waals surface area contributed by atoms with Crippen LogP contribution in [-0.4, -0.2) is 42.8 Å². The summed E-state index contributed by atoms with van der Waals surface area (Å²) in [7, 11) is 1.70. The van der Waals surface area contributed by atoms with Crippen LogP contribution in [0, 0.1) is 0 Å². The van der Waals surface area contributed by atoms with Gasteiger partial charge in [0.1, 0.15) is 18.0 Å². The van der Waals surface area contributed by atoms with Crippen LogP contribution in [0.5, 0.6) is 0 Å². The lowest BCUT2D eigenvalue weighted by Gasteiger charge is -2.09. The van der Waals surface area contributed by atoms with Crippen molar-refractivity contribution >= 4 is 11.6 Å². The Bertz CT molecular complexity index is 318.